The van der Waals surface area contributed by atoms with Gasteiger partial charge in [0.25, 0.3) is 20.2 Å². The van der Waals surface area contributed by atoms with Crippen molar-refractivity contribution in [1.29, 1.82) is 5.53 Å². The lowest BCUT2D eigenvalue weighted by atomic mass is 10.2. The number of nitrogens with one attached hydrogen (secondary N) is 2. The second-order valence-electron chi connectivity index (χ2n) is 4.80. The predicted molar refractivity (Wildman–Crippen MR) is 95.5 cm³/mol. The van der Waals surface area contributed by atoms with E-state index in [1.165, 1.54) is 29.3 Å². The van der Waals surface area contributed by atoms with Gasteiger partial charge in [-0.05, 0) is 60.7 Å². The standard InChI is InChI=1S/C13H12N4O6S3/c14-15-13(24)16-17(9-1-5-11(6-2-9)25(18,19)20)10-3-7-12(8-4-10)26(21,22)23/h1-8,14H,(H,16,24)(H,18,19,20)(H,21,22,23). The first-order valence-electron chi connectivity index (χ1n) is 6.65. The SMILES string of the molecule is N=NC(=S)NN(c1ccc(S(=O)(=O)O)cc1)c1ccc(S(=O)(=O)O)cc1. The summed E-state index contributed by atoms with van der Waals surface area (Å²) in [5.74, 6) is 0. The molecule has 2 rings (SSSR count). The maximum Gasteiger partial charge on any atom is 0.294 e. The zero-order valence-corrected chi connectivity index (χ0v) is 15.2. The normalized spacial score (nSPS) is 11.6. The second kappa shape index (κ2) is 7.43. The smallest absolute Gasteiger partial charge is 0.282 e. The van der Waals surface area contributed by atoms with Crippen LogP contribution in [0, 0.1) is 5.53 Å². The van der Waals surface area contributed by atoms with Gasteiger partial charge in [0.05, 0.1) is 21.2 Å². The number of anilines is 2. The summed E-state index contributed by atoms with van der Waals surface area (Å²) >= 11 is 4.82. The molecule has 0 amide bonds. The van der Waals surface area contributed by atoms with E-state index in [1.54, 1.807) is 0 Å². The van der Waals surface area contributed by atoms with Gasteiger partial charge in [-0.1, -0.05) is 0 Å². The Labute approximate surface area is 154 Å². The lowest BCUT2D eigenvalue weighted by Gasteiger charge is -2.25. The molecule has 0 aliphatic heterocycles. The Morgan fingerprint density at radius 2 is 1.23 bits per heavy atom. The molecule has 0 spiro atoms. The van der Waals surface area contributed by atoms with Crippen LogP contribution in [-0.2, 0) is 20.2 Å². The largest absolute Gasteiger partial charge is 0.294 e. The van der Waals surface area contributed by atoms with Crippen LogP contribution in [0.5, 0.6) is 0 Å². The summed E-state index contributed by atoms with van der Waals surface area (Å²) in [7, 11) is -8.73. The van der Waals surface area contributed by atoms with Crippen LogP contribution in [0.3, 0.4) is 0 Å². The van der Waals surface area contributed by atoms with Gasteiger partial charge in [0.15, 0.2) is 0 Å². The topological polar surface area (TPSA) is 160 Å². The number of nitrogens with zero attached hydrogens (tertiary/aromatic N) is 2. The van der Waals surface area contributed by atoms with Crippen LogP contribution in [0.2, 0.25) is 0 Å². The molecule has 0 heterocycles. The summed E-state index contributed by atoms with van der Waals surface area (Å²) in [6.07, 6.45) is 0. The van der Waals surface area contributed by atoms with Gasteiger partial charge in [-0.15, -0.1) is 5.11 Å². The van der Waals surface area contributed by atoms with Crippen molar-refractivity contribution in [1.82, 2.24) is 5.43 Å². The van der Waals surface area contributed by atoms with E-state index in [1.807, 2.05) is 0 Å². The highest BCUT2D eigenvalue weighted by atomic mass is 32.2. The van der Waals surface area contributed by atoms with Crippen LogP contribution in [0.25, 0.3) is 0 Å². The molecule has 0 aliphatic rings. The predicted octanol–water partition coefficient (Wildman–Crippen LogP) is 2.14. The highest BCUT2D eigenvalue weighted by molar-refractivity contribution is 7.86. The fourth-order valence-electron chi connectivity index (χ4n) is 1.93. The van der Waals surface area contributed by atoms with Crippen LogP contribution in [0.1, 0.15) is 0 Å². The summed E-state index contributed by atoms with van der Waals surface area (Å²) in [6.45, 7) is 0. The van der Waals surface area contributed by atoms with Gasteiger partial charge in [0.2, 0.25) is 5.11 Å². The maximum atomic E-state index is 11.1. The fraction of sp³-hybridized carbons (Fsp3) is 0. The minimum Gasteiger partial charge on any atom is -0.282 e. The van der Waals surface area contributed by atoms with E-state index >= 15 is 0 Å². The molecular formula is C13H12N4O6S3. The second-order valence-corrected chi connectivity index (χ2v) is 8.03. The van der Waals surface area contributed by atoms with Crippen LogP contribution in [0.15, 0.2) is 63.4 Å². The molecule has 13 heteroatoms. The lowest BCUT2D eigenvalue weighted by molar-refractivity contribution is 0.481. The van der Waals surface area contributed by atoms with Crippen LogP contribution < -0.4 is 10.4 Å². The van der Waals surface area contributed by atoms with E-state index < -0.39 is 20.2 Å². The van der Waals surface area contributed by atoms with Crippen molar-refractivity contribution >= 4 is 48.9 Å². The van der Waals surface area contributed by atoms with Crippen molar-refractivity contribution in [3.05, 3.63) is 48.5 Å². The van der Waals surface area contributed by atoms with Crippen molar-refractivity contribution < 1.29 is 25.9 Å². The Balaban J connectivity index is 2.46. The molecule has 2 aromatic carbocycles. The van der Waals surface area contributed by atoms with E-state index in [2.05, 4.69) is 10.5 Å². The molecule has 0 aliphatic carbocycles. The summed E-state index contributed by atoms with van der Waals surface area (Å²) in [5.41, 5.74) is 10.2. The molecule has 4 N–H and O–H groups in total. The highest BCUT2D eigenvalue weighted by Crippen LogP contribution is 2.26. The molecular weight excluding hydrogens is 404 g/mol. The first kappa shape index (κ1) is 19.9. The quantitative estimate of drug-likeness (QED) is 0.248. The molecule has 10 nitrogen and oxygen atoms in total. The van der Waals surface area contributed by atoms with E-state index in [0.717, 1.165) is 24.3 Å². The maximum absolute atomic E-state index is 11.1. The molecule has 138 valence electrons. The number of hydrazine groups is 1. The van der Waals surface area contributed by atoms with Crippen LogP contribution >= 0.6 is 12.2 Å². The van der Waals surface area contributed by atoms with Crippen molar-refractivity contribution in [2.45, 2.75) is 9.79 Å². The van der Waals surface area contributed by atoms with Gasteiger partial charge in [0, 0.05) is 0 Å². The van der Waals surface area contributed by atoms with E-state index in [4.69, 9.17) is 26.9 Å². The number of rotatable bonds is 5. The number of hydrogen-bond donors (Lipinski definition) is 4. The molecule has 0 bridgehead atoms. The van der Waals surface area contributed by atoms with Crippen molar-refractivity contribution in [2.24, 2.45) is 5.11 Å². The zero-order chi connectivity index (χ0) is 19.5. The number of benzene rings is 2. The van der Waals surface area contributed by atoms with Gasteiger partial charge in [0.1, 0.15) is 0 Å². The van der Waals surface area contributed by atoms with Crippen LogP contribution in [0.4, 0.5) is 11.4 Å². The third-order valence-corrected chi connectivity index (χ3v) is 5.01. The fourth-order valence-corrected chi connectivity index (χ4v) is 2.98. The number of thiocarbonyl (C=S) groups is 1. The average molecular weight is 416 g/mol. The van der Waals surface area contributed by atoms with Crippen molar-refractivity contribution in [3.8, 4) is 0 Å². The summed E-state index contributed by atoms with van der Waals surface area (Å²) in [4.78, 5) is -0.647. The molecule has 2 aromatic rings. The minimum atomic E-state index is -4.37. The summed E-state index contributed by atoms with van der Waals surface area (Å²) < 4.78 is 62.6. The summed E-state index contributed by atoms with van der Waals surface area (Å²) in [6, 6.07) is 9.97. The zero-order valence-electron chi connectivity index (χ0n) is 12.8. The van der Waals surface area contributed by atoms with E-state index in [-0.39, 0.29) is 14.9 Å². The third-order valence-electron chi connectivity index (χ3n) is 3.09. The Bertz CT molecular complexity index is 959. The monoisotopic (exact) mass is 416 g/mol. The number of hydrogen-bond acceptors (Lipinski definition) is 7. The van der Waals surface area contributed by atoms with Gasteiger partial charge in [-0.3, -0.25) is 19.5 Å². The molecule has 26 heavy (non-hydrogen) atoms. The minimum absolute atomic E-state index is 0.220. The molecule has 0 radical (unpaired) electrons. The Morgan fingerprint density at radius 3 is 1.50 bits per heavy atom. The third kappa shape index (κ3) is 4.80. The van der Waals surface area contributed by atoms with Crippen LogP contribution in [-0.4, -0.2) is 31.1 Å². The molecule has 0 unspecified atom stereocenters. The van der Waals surface area contributed by atoms with E-state index in [0.29, 0.717) is 11.4 Å². The summed E-state index contributed by atoms with van der Waals surface area (Å²) in [5, 5.41) is 4.14. The molecule has 0 saturated carbocycles. The molecule has 0 fully saturated rings. The van der Waals surface area contributed by atoms with E-state index in [9.17, 15) is 16.8 Å². The Kier molecular flexibility index (Phi) is 5.68. The average Bonchev–Trinajstić information content (AvgIpc) is 2.58. The first-order chi connectivity index (χ1) is 12.0. The van der Waals surface area contributed by atoms with Crippen molar-refractivity contribution in [3.63, 3.8) is 0 Å². The van der Waals surface area contributed by atoms with Gasteiger partial charge in [-0.25, -0.2) is 5.53 Å². The Morgan fingerprint density at radius 1 is 0.885 bits per heavy atom. The molecule has 0 saturated heterocycles. The first-order valence-corrected chi connectivity index (χ1v) is 9.94. The molecule has 0 atom stereocenters. The van der Waals surface area contributed by atoms with Gasteiger partial charge < -0.3 is 0 Å². The lowest BCUT2D eigenvalue weighted by Crippen LogP contribution is -2.36. The Hall–Kier alpha value is -2.45. The molecule has 0 aromatic heterocycles. The van der Waals surface area contributed by atoms with Gasteiger partial charge >= 0.3 is 0 Å². The van der Waals surface area contributed by atoms with Gasteiger partial charge in [-0.2, -0.15) is 16.8 Å². The highest BCUT2D eigenvalue weighted by Gasteiger charge is 2.15. The van der Waals surface area contributed by atoms with Crippen molar-refractivity contribution in [2.75, 3.05) is 5.01 Å².